The Bertz CT molecular complexity index is 1220. The van der Waals surface area contributed by atoms with Crippen molar-refractivity contribution >= 4 is 17.5 Å². The summed E-state index contributed by atoms with van der Waals surface area (Å²) in [6.45, 7) is 5.48. The lowest BCUT2D eigenvalue weighted by atomic mass is 10.1. The minimum atomic E-state index is 0.240. The SMILES string of the molecule is c1ccc(C2CN(c3nc(N4CCOCC4)n4nc(-c5ccncc5)cc4n3)CCN2)cc1. The minimum Gasteiger partial charge on any atom is -0.378 e. The molecule has 0 bridgehead atoms. The normalized spacial score (nSPS) is 19.2. The van der Waals surface area contributed by atoms with E-state index in [1.54, 1.807) is 12.4 Å². The van der Waals surface area contributed by atoms with Gasteiger partial charge in [-0.05, 0) is 17.7 Å². The van der Waals surface area contributed by atoms with Gasteiger partial charge in [0.05, 0.1) is 18.9 Å². The molecule has 2 saturated heterocycles. The summed E-state index contributed by atoms with van der Waals surface area (Å²) in [6.07, 6.45) is 3.56. The zero-order chi connectivity index (χ0) is 22.0. The average molecular weight is 443 g/mol. The van der Waals surface area contributed by atoms with Gasteiger partial charge in [0.25, 0.3) is 0 Å². The zero-order valence-electron chi connectivity index (χ0n) is 18.3. The maximum absolute atomic E-state index is 5.58. The van der Waals surface area contributed by atoms with Crippen LogP contribution in [-0.4, -0.2) is 70.5 Å². The van der Waals surface area contributed by atoms with Gasteiger partial charge in [-0.1, -0.05) is 30.3 Å². The standard InChI is InChI=1S/C24H26N8O/c1-2-4-18(5-3-1)21-17-31(11-10-26-21)23-27-22-16-20(19-6-8-25-9-7-19)29-32(22)24(28-23)30-12-14-33-15-13-30/h1-9,16,21,26H,10-15,17H2. The average Bonchev–Trinajstić information content (AvgIpc) is 3.34. The number of morpholine rings is 1. The summed E-state index contributed by atoms with van der Waals surface area (Å²) in [4.78, 5) is 18.6. The Labute approximate surface area is 192 Å². The van der Waals surface area contributed by atoms with Crippen LogP contribution < -0.4 is 15.1 Å². The third-order valence-electron chi connectivity index (χ3n) is 6.22. The second-order valence-corrected chi connectivity index (χ2v) is 8.32. The van der Waals surface area contributed by atoms with Gasteiger partial charge < -0.3 is 19.9 Å². The molecular formula is C24H26N8O. The number of hydrogen-bond donors (Lipinski definition) is 1. The number of benzene rings is 1. The maximum atomic E-state index is 5.58. The molecule has 5 heterocycles. The molecule has 0 saturated carbocycles. The second-order valence-electron chi connectivity index (χ2n) is 8.32. The van der Waals surface area contributed by atoms with E-state index in [9.17, 15) is 0 Å². The molecule has 0 aliphatic carbocycles. The van der Waals surface area contributed by atoms with Gasteiger partial charge in [-0.2, -0.15) is 19.6 Å². The lowest BCUT2D eigenvalue weighted by molar-refractivity contribution is 0.122. The Morgan fingerprint density at radius 2 is 1.73 bits per heavy atom. The third kappa shape index (κ3) is 4.01. The van der Waals surface area contributed by atoms with Crippen LogP contribution in [0.5, 0.6) is 0 Å². The summed E-state index contributed by atoms with van der Waals surface area (Å²) in [5.74, 6) is 1.56. The topological polar surface area (TPSA) is 83.7 Å². The fraction of sp³-hybridized carbons (Fsp3) is 0.333. The number of nitrogens with zero attached hydrogens (tertiary/aromatic N) is 7. The van der Waals surface area contributed by atoms with Crippen LogP contribution >= 0.6 is 0 Å². The molecule has 1 N–H and O–H groups in total. The molecule has 2 aliphatic heterocycles. The van der Waals surface area contributed by atoms with E-state index in [2.05, 4.69) is 50.4 Å². The number of rotatable bonds is 4. The number of piperazine rings is 1. The summed E-state index contributed by atoms with van der Waals surface area (Å²) >= 11 is 0. The highest BCUT2D eigenvalue weighted by molar-refractivity contribution is 5.65. The highest BCUT2D eigenvalue weighted by Crippen LogP contribution is 2.26. The molecule has 9 nitrogen and oxygen atoms in total. The Hall–Kier alpha value is -3.56. The summed E-state index contributed by atoms with van der Waals surface area (Å²) in [5, 5.41) is 8.49. The number of ether oxygens (including phenoxy) is 1. The molecule has 168 valence electrons. The number of hydrogen-bond acceptors (Lipinski definition) is 8. The lowest BCUT2D eigenvalue weighted by Gasteiger charge is -2.35. The fourth-order valence-electron chi connectivity index (χ4n) is 4.48. The zero-order valence-corrected chi connectivity index (χ0v) is 18.3. The van der Waals surface area contributed by atoms with Gasteiger partial charge in [0.2, 0.25) is 11.9 Å². The largest absolute Gasteiger partial charge is 0.378 e. The van der Waals surface area contributed by atoms with E-state index in [0.717, 1.165) is 61.5 Å². The molecule has 3 aromatic heterocycles. The van der Waals surface area contributed by atoms with Gasteiger partial charge in [0.1, 0.15) is 0 Å². The Morgan fingerprint density at radius 3 is 2.55 bits per heavy atom. The first-order valence-corrected chi connectivity index (χ1v) is 11.4. The molecule has 0 amide bonds. The number of nitrogens with one attached hydrogen (secondary N) is 1. The van der Waals surface area contributed by atoms with Crippen molar-refractivity contribution in [3.05, 3.63) is 66.5 Å². The number of fused-ring (bicyclic) bond motifs is 1. The predicted octanol–water partition coefficient (Wildman–Crippen LogP) is 2.17. The predicted molar refractivity (Wildman–Crippen MR) is 126 cm³/mol. The number of pyridine rings is 1. The van der Waals surface area contributed by atoms with Crippen molar-refractivity contribution in [3.8, 4) is 11.3 Å². The van der Waals surface area contributed by atoms with E-state index in [4.69, 9.17) is 19.8 Å². The van der Waals surface area contributed by atoms with Crippen molar-refractivity contribution in [2.24, 2.45) is 0 Å². The van der Waals surface area contributed by atoms with Crippen molar-refractivity contribution < 1.29 is 4.74 Å². The van der Waals surface area contributed by atoms with Crippen LogP contribution in [-0.2, 0) is 4.74 Å². The summed E-state index contributed by atoms with van der Waals surface area (Å²) < 4.78 is 7.44. The molecule has 0 spiro atoms. The van der Waals surface area contributed by atoms with E-state index in [0.29, 0.717) is 13.2 Å². The Balaban J connectivity index is 1.40. The van der Waals surface area contributed by atoms with E-state index >= 15 is 0 Å². The van der Waals surface area contributed by atoms with Crippen molar-refractivity contribution in [1.29, 1.82) is 0 Å². The lowest BCUT2D eigenvalue weighted by Crippen LogP contribution is -2.47. The van der Waals surface area contributed by atoms with Crippen molar-refractivity contribution in [2.75, 3.05) is 55.7 Å². The second kappa shape index (κ2) is 8.76. The highest BCUT2D eigenvalue weighted by Gasteiger charge is 2.26. The van der Waals surface area contributed by atoms with Gasteiger partial charge in [0, 0.05) is 62.8 Å². The quantitative estimate of drug-likeness (QED) is 0.515. The van der Waals surface area contributed by atoms with Crippen LogP contribution in [0.15, 0.2) is 60.9 Å². The molecule has 4 aromatic rings. The Morgan fingerprint density at radius 1 is 0.909 bits per heavy atom. The van der Waals surface area contributed by atoms with Crippen molar-refractivity contribution in [2.45, 2.75) is 6.04 Å². The number of aromatic nitrogens is 5. The third-order valence-corrected chi connectivity index (χ3v) is 6.22. The fourth-order valence-corrected chi connectivity index (χ4v) is 4.48. The van der Waals surface area contributed by atoms with Crippen LogP contribution in [0.25, 0.3) is 16.9 Å². The molecule has 2 aliphatic rings. The first kappa shape index (κ1) is 20.1. The van der Waals surface area contributed by atoms with E-state index in [-0.39, 0.29) is 6.04 Å². The van der Waals surface area contributed by atoms with E-state index < -0.39 is 0 Å². The highest BCUT2D eigenvalue weighted by atomic mass is 16.5. The molecule has 0 radical (unpaired) electrons. The van der Waals surface area contributed by atoms with E-state index in [1.807, 2.05) is 22.7 Å². The van der Waals surface area contributed by atoms with Crippen LogP contribution in [0.2, 0.25) is 0 Å². The van der Waals surface area contributed by atoms with Crippen LogP contribution in [0.4, 0.5) is 11.9 Å². The van der Waals surface area contributed by atoms with Gasteiger partial charge in [-0.15, -0.1) is 0 Å². The monoisotopic (exact) mass is 442 g/mol. The maximum Gasteiger partial charge on any atom is 0.232 e. The minimum absolute atomic E-state index is 0.240. The molecule has 1 aromatic carbocycles. The first-order valence-electron chi connectivity index (χ1n) is 11.4. The molecule has 6 rings (SSSR count). The number of anilines is 2. The molecular weight excluding hydrogens is 416 g/mol. The first-order chi connectivity index (χ1) is 16.3. The smallest absolute Gasteiger partial charge is 0.232 e. The van der Waals surface area contributed by atoms with Gasteiger partial charge in [-0.25, -0.2) is 0 Å². The van der Waals surface area contributed by atoms with Gasteiger partial charge in [0.15, 0.2) is 5.65 Å². The van der Waals surface area contributed by atoms with E-state index in [1.165, 1.54) is 5.56 Å². The molecule has 9 heteroatoms. The van der Waals surface area contributed by atoms with Gasteiger partial charge in [-0.3, -0.25) is 4.98 Å². The molecule has 2 fully saturated rings. The molecule has 1 unspecified atom stereocenters. The summed E-state index contributed by atoms with van der Waals surface area (Å²) in [5.41, 5.74) is 3.95. The van der Waals surface area contributed by atoms with Crippen molar-refractivity contribution in [1.82, 2.24) is 29.9 Å². The van der Waals surface area contributed by atoms with Gasteiger partial charge >= 0.3 is 0 Å². The summed E-state index contributed by atoms with van der Waals surface area (Å²) in [7, 11) is 0. The van der Waals surface area contributed by atoms with Crippen LogP contribution in [0.3, 0.4) is 0 Å². The van der Waals surface area contributed by atoms with Crippen molar-refractivity contribution in [3.63, 3.8) is 0 Å². The summed E-state index contributed by atoms with van der Waals surface area (Å²) in [6, 6.07) is 16.8. The molecule has 1 atom stereocenters. The Kier molecular flexibility index (Phi) is 5.33. The van der Waals surface area contributed by atoms with Crippen LogP contribution in [0, 0.1) is 0 Å². The van der Waals surface area contributed by atoms with Crippen LogP contribution in [0.1, 0.15) is 11.6 Å². The molecule has 33 heavy (non-hydrogen) atoms.